The van der Waals surface area contributed by atoms with E-state index in [1.54, 1.807) is 0 Å². The number of amides is 1. The summed E-state index contributed by atoms with van der Waals surface area (Å²) in [4.78, 5) is 23.3. The Morgan fingerprint density at radius 2 is 1.80 bits per heavy atom. The molecule has 0 aromatic heterocycles. The van der Waals surface area contributed by atoms with Gasteiger partial charge in [-0.3, -0.25) is 4.79 Å². The Morgan fingerprint density at radius 1 is 1.08 bits per heavy atom. The van der Waals surface area contributed by atoms with E-state index in [0.29, 0.717) is 18.9 Å². The number of hydrogen-bond donors (Lipinski definition) is 2. The van der Waals surface area contributed by atoms with Crippen molar-refractivity contribution >= 4 is 11.9 Å². The fraction of sp³-hybridized carbons (Fsp3) is 0.263. The minimum Gasteiger partial charge on any atom is -0.480 e. The van der Waals surface area contributed by atoms with Crippen molar-refractivity contribution in [2.75, 3.05) is 0 Å². The first kappa shape index (κ1) is 18.6. The van der Waals surface area contributed by atoms with Crippen LogP contribution in [0.5, 0.6) is 0 Å². The van der Waals surface area contributed by atoms with Crippen molar-refractivity contribution in [1.82, 2.24) is 5.32 Å². The van der Waals surface area contributed by atoms with Crippen molar-refractivity contribution in [2.24, 2.45) is 0 Å². The van der Waals surface area contributed by atoms with E-state index in [1.807, 2.05) is 30.3 Å². The van der Waals surface area contributed by atoms with E-state index >= 15 is 0 Å². The predicted molar refractivity (Wildman–Crippen MR) is 89.0 cm³/mol. The van der Waals surface area contributed by atoms with E-state index in [0.717, 1.165) is 11.6 Å². The summed E-state index contributed by atoms with van der Waals surface area (Å²) in [6.45, 7) is 0. The third-order valence-corrected chi connectivity index (χ3v) is 3.80. The first-order valence-corrected chi connectivity index (χ1v) is 7.95. The average Bonchev–Trinajstić information content (AvgIpc) is 2.57. The van der Waals surface area contributed by atoms with Gasteiger partial charge in [0.05, 0.1) is 6.42 Å². The van der Waals surface area contributed by atoms with Crippen LogP contribution >= 0.6 is 0 Å². The maximum atomic E-state index is 13.6. The molecule has 6 heteroatoms. The maximum Gasteiger partial charge on any atom is 0.326 e. The zero-order chi connectivity index (χ0) is 18.2. The number of carbonyl (C=O) groups is 2. The van der Waals surface area contributed by atoms with Gasteiger partial charge in [-0.15, -0.1) is 0 Å². The number of carboxylic acid groups (broad SMARTS) is 1. The van der Waals surface area contributed by atoms with Crippen LogP contribution < -0.4 is 5.32 Å². The normalized spacial score (nSPS) is 11.8. The van der Waals surface area contributed by atoms with Gasteiger partial charge in [0.15, 0.2) is 0 Å². The van der Waals surface area contributed by atoms with Crippen LogP contribution in [0.4, 0.5) is 8.78 Å². The molecular weight excluding hydrogens is 328 g/mol. The number of hydrogen-bond acceptors (Lipinski definition) is 2. The molecule has 2 aromatic carbocycles. The van der Waals surface area contributed by atoms with Gasteiger partial charge in [0.25, 0.3) is 0 Å². The van der Waals surface area contributed by atoms with Crippen LogP contribution in [-0.4, -0.2) is 23.0 Å². The lowest BCUT2D eigenvalue weighted by atomic mass is 10.0. The van der Waals surface area contributed by atoms with Gasteiger partial charge in [-0.05, 0) is 36.5 Å². The summed E-state index contributed by atoms with van der Waals surface area (Å²) in [6, 6.07) is 11.5. The lowest BCUT2D eigenvalue weighted by Gasteiger charge is -2.14. The number of benzene rings is 2. The molecule has 2 aromatic rings. The SMILES string of the molecule is O=C(Cc1ccc(F)cc1F)N[C@H](CCCc1ccccc1)C(=O)O. The smallest absolute Gasteiger partial charge is 0.326 e. The van der Waals surface area contributed by atoms with Gasteiger partial charge in [0, 0.05) is 6.07 Å². The monoisotopic (exact) mass is 347 g/mol. The average molecular weight is 347 g/mol. The van der Waals surface area contributed by atoms with Crippen molar-refractivity contribution in [3.63, 3.8) is 0 Å². The Balaban J connectivity index is 1.87. The number of aryl methyl sites for hydroxylation is 1. The highest BCUT2D eigenvalue weighted by molar-refractivity contribution is 5.84. The molecule has 1 atom stereocenters. The molecule has 0 fully saturated rings. The highest BCUT2D eigenvalue weighted by Crippen LogP contribution is 2.11. The Bertz CT molecular complexity index is 735. The molecule has 0 heterocycles. The number of aliphatic carboxylic acids is 1. The van der Waals surface area contributed by atoms with Crippen LogP contribution in [0.3, 0.4) is 0 Å². The Hall–Kier alpha value is -2.76. The van der Waals surface area contributed by atoms with E-state index in [2.05, 4.69) is 5.32 Å². The van der Waals surface area contributed by atoms with Crippen molar-refractivity contribution in [3.8, 4) is 0 Å². The zero-order valence-corrected chi connectivity index (χ0v) is 13.5. The Morgan fingerprint density at radius 3 is 2.44 bits per heavy atom. The number of carbonyl (C=O) groups excluding carboxylic acids is 1. The second kappa shape index (κ2) is 8.92. The summed E-state index contributed by atoms with van der Waals surface area (Å²) in [7, 11) is 0. The lowest BCUT2D eigenvalue weighted by molar-refractivity contribution is -0.142. The van der Waals surface area contributed by atoms with Crippen LogP contribution in [0.1, 0.15) is 24.0 Å². The Labute approximate surface area is 144 Å². The third-order valence-electron chi connectivity index (χ3n) is 3.80. The van der Waals surface area contributed by atoms with Gasteiger partial charge in [-0.25, -0.2) is 13.6 Å². The second-order valence-electron chi connectivity index (χ2n) is 5.75. The summed E-state index contributed by atoms with van der Waals surface area (Å²) in [6.07, 6.45) is 1.22. The molecule has 2 N–H and O–H groups in total. The van der Waals surface area contributed by atoms with E-state index in [1.165, 1.54) is 6.07 Å². The largest absolute Gasteiger partial charge is 0.480 e. The van der Waals surface area contributed by atoms with Crippen molar-refractivity contribution in [1.29, 1.82) is 0 Å². The molecule has 0 bridgehead atoms. The quantitative estimate of drug-likeness (QED) is 0.771. The van der Waals surface area contributed by atoms with E-state index in [-0.39, 0.29) is 18.4 Å². The number of nitrogens with one attached hydrogen (secondary N) is 1. The van der Waals surface area contributed by atoms with Gasteiger partial charge < -0.3 is 10.4 Å². The number of rotatable bonds is 8. The predicted octanol–water partition coefficient (Wildman–Crippen LogP) is 3.10. The van der Waals surface area contributed by atoms with Gasteiger partial charge in [-0.1, -0.05) is 36.4 Å². The fourth-order valence-corrected chi connectivity index (χ4v) is 2.50. The molecule has 0 saturated heterocycles. The van der Waals surface area contributed by atoms with Crippen LogP contribution in [0, 0.1) is 11.6 Å². The molecule has 0 spiro atoms. The topological polar surface area (TPSA) is 66.4 Å². The van der Waals surface area contributed by atoms with Crippen LogP contribution in [-0.2, 0) is 22.4 Å². The highest BCUT2D eigenvalue weighted by atomic mass is 19.1. The summed E-state index contributed by atoms with van der Waals surface area (Å²) in [5.41, 5.74) is 1.11. The van der Waals surface area contributed by atoms with Gasteiger partial charge in [0.1, 0.15) is 17.7 Å². The molecule has 0 aliphatic heterocycles. The van der Waals surface area contributed by atoms with Crippen LogP contribution in [0.2, 0.25) is 0 Å². The van der Waals surface area contributed by atoms with Crippen molar-refractivity contribution in [3.05, 3.63) is 71.3 Å². The van der Waals surface area contributed by atoms with Crippen molar-refractivity contribution in [2.45, 2.75) is 31.7 Å². The lowest BCUT2D eigenvalue weighted by Crippen LogP contribution is -2.41. The fourth-order valence-electron chi connectivity index (χ4n) is 2.50. The van der Waals surface area contributed by atoms with E-state index in [9.17, 15) is 23.5 Å². The minimum atomic E-state index is -1.14. The molecule has 0 unspecified atom stereocenters. The molecule has 1 amide bonds. The molecule has 0 aliphatic carbocycles. The van der Waals surface area contributed by atoms with Crippen LogP contribution in [0.15, 0.2) is 48.5 Å². The number of carboxylic acids is 1. The molecule has 0 saturated carbocycles. The molecule has 0 aliphatic rings. The molecule has 0 radical (unpaired) electrons. The minimum absolute atomic E-state index is 0.0207. The van der Waals surface area contributed by atoms with Gasteiger partial charge >= 0.3 is 5.97 Å². The van der Waals surface area contributed by atoms with Gasteiger partial charge in [-0.2, -0.15) is 0 Å². The van der Waals surface area contributed by atoms with E-state index in [4.69, 9.17) is 0 Å². The maximum absolute atomic E-state index is 13.6. The molecule has 4 nitrogen and oxygen atoms in total. The molecule has 2 rings (SSSR count). The first-order valence-electron chi connectivity index (χ1n) is 7.95. The molecular formula is C19H19F2NO3. The summed E-state index contributed by atoms with van der Waals surface area (Å²) >= 11 is 0. The summed E-state index contributed by atoms with van der Waals surface area (Å²) < 4.78 is 26.4. The van der Waals surface area contributed by atoms with Crippen LogP contribution in [0.25, 0.3) is 0 Å². The summed E-state index contributed by atoms with van der Waals surface area (Å²) in [5, 5.41) is 11.6. The Kier molecular flexibility index (Phi) is 6.62. The molecule has 25 heavy (non-hydrogen) atoms. The highest BCUT2D eigenvalue weighted by Gasteiger charge is 2.20. The number of halogens is 2. The third kappa shape index (κ3) is 5.99. The standard InChI is InChI=1S/C19H19F2NO3/c20-15-10-9-14(16(21)12-15)11-18(23)22-17(19(24)25)8-4-7-13-5-2-1-3-6-13/h1-3,5-6,9-10,12,17H,4,7-8,11H2,(H,22,23)(H,24,25)/t17-/m1/s1. The summed E-state index contributed by atoms with van der Waals surface area (Å²) in [5.74, 6) is -3.31. The molecule has 132 valence electrons. The first-order chi connectivity index (χ1) is 12.0. The van der Waals surface area contributed by atoms with E-state index < -0.39 is 29.6 Å². The van der Waals surface area contributed by atoms with Gasteiger partial charge in [0.2, 0.25) is 5.91 Å². The zero-order valence-electron chi connectivity index (χ0n) is 13.5. The second-order valence-corrected chi connectivity index (χ2v) is 5.75. The van der Waals surface area contributed by atoms with Crippen molar-refractivity contribution < 1.29 is 23.5 Å².